The molecular weight excluding hydrogens is 567 g/mol. The minimum atomic E-state index is -4.27. The van der Waals surface area contributed by atoms with Crippen LogP contribution < -0.4 is 14.4 Å². The third-order valence-electron chi connectivity index (χ3n) is 6.04. The molecule has 1 atom stereocenters. The second kappa shape index (κ2) is 11.0. The standard InChI is InChI=1S/C26H24BrFN2O6S/c1-35-23-12-3-17(15-24(23)36-2)13-14-29(37(33,34)21-10-6-19(28)7-11-21)22-16-25(31)30(26(22)32)20-8-4-18(27)5-9-20/h3-12,15,22H,13-14,16H2,1-2H3. The molecule has 1 fully saturated rings. The molecule has 0 aromatic heterocycles. The van der Waals surface area contributed by atoms with E-state index >= 15 is 0 Å². The molecule has 0 spiro atoms. The second-order valence-electron chi connectivity index (χ2n) is 8.27. The Morgan fingerprint density at radius 2 is 1.62 bits per heavy atom. The van der Waals surface area contributed by atoms with E-state index < -0.39 is 33.7 Å². The van der Waals surface area contributed by atoms with E-state index in [-0.39, 0.29) is 24.3 Å². The number of halogens is 2. The zero-order valence-electron chi connectivity index (χ0n) is 20.1. The molecule has 0 N–H and O–H groups in total. The van der Waals surface area contributed by atoms with Crippen LogP contribution in [-0.4, -0.2) is 51.3 Å². The van der Waals surface area contributed by atoms with Gasteiger partial charge in [-0.2, -0.15) is 4.31 Å². The molecule has 1 saturated heterocycles. The first-order valence-electron chi connectivity index (χ1n) is 11.3. The number of rotatable bonds is 9. The Balaban J connectivity index is 1.69. The summed E-state index contributed by atoms with van der Waals surface area (Å²) in [4.78, 5) is 27.2. The molecule has 11 heteroatoms. The number of methoxy groups -OCH3 is 2. The molecule has 194 valence electrons. The number of hydrogen-bond donors (Lipinski definition) is 0. The molecule has 3 aromatic carbocycles. The fourth-order valence-corrected chi connectivity index (χ4v) is 6.01. The number of anilines is 1. The van der Waals surface area contributed by atoms with Crippen molar-refractivity contribution in [1.29, 1.82) is 0 Å². The number of amides is 2. The summed E-state index contributed by atoms with van der Waals surface area (Å²) in [5.41, 5.74) is 1.08. The lowest BCUT2D eigenvalue weighted by Gasteiger charge is -2.27. The van der Waals surface area contributed by atoms with Gasteiger partial charge in [0, 0.05) is 11.0 Å². The Morgan fingerprint density at radius 3 is 2.24 bits per heavy atom. The van der Waals surface area contributed by atoms with E-state index in [9.17, 15) is 22.4 Å². The van der Waals surface area contributed by atoms with Crippen LogP contribution in [0, 0.1) is 5.82 Å². The molecule has 1 aliphatic heterocycles. The third-order valence-corrected chi connectivity index (χ3v) is 8.50. The van der Waals surface area contributed by atoms with Crippen LogP contribution in [0.5, 0.6) is 11.5 Å². The summed E-state index contributed by atoms with van der Waals surface area (Å²) in [5, 5.41) is 0. The highest BCUT2D eigenvalue weighted by atomic mass is 79.9. The highest BCUT2D eigenvalue weighted by Gasteiger charge is 2.46. The molecule has 37 heavy (non-hydrogen) atoms. The Labute approximate surface area is 222 Å². The van der Waals surface area contributed by atoms with Crippen LogP contribution in [0.4, 0.5) is 10.1 Å². The second-order valence-corrected chi connectivity index (χ2v) is 11.1. The molecule has 0 bridgehead atoms. The summed E-state index contributed by atoms with van der Waals surface area (Å²) >= 11 is 3.32. The molecule has 1 unspecified atom stereocenters. The van der Waals surface area contributed by atoms with Crippen LogP contribution in [0.15, 0.2) is 76.1 Å². The van der Waals surface area contributed by atoms with Gasteiger partial charge in [0.25, 0.3) is 5.91 Å². The zero-order chi connectivity index (χ0) is 26.7. The predicted octanol–water partition coefficient (Wildman–Crippen LogP) is 4.17. The molecule has 4 rings (SSSR count). The van der Waals surface area contributed by atoms with Gasteiger partial charge < -0.3 is 9.47 Å². The lowest BCUT2D eigenvalue weighted by atomic mass is 10.1. The van der Waals surface area contributed by atoms with Gasteiger partial charge in [-0.15, -0.1) is 0 Å². The van der Waals surface area contributed by atoms with Crippen molar-refractivity contribution in [3.05, 3.63) is 82.6 Å². The lowest BCUT2D eigenvalue weighted by Crippen LogP contribution is -2.46. The van der Waals surface area contributed by atoms with E-state index in [0.717, 1.165) is 43.5 Å². The quantitative estimate of drug-likeness (QED) is 0.347. The maximum Gasteiger partial charge on any atom is 0.252 e. The maximum atomic E-state index is 13.7. The summed E-state index contributed by atoms with van der Waals surface area (Å²) in [6.07, 6.45) is -0.0989. The van der Waals surface area contributed by atoms with Crippen LogP contribution in [0.2, 0.25) is 0 Å². The van der Waals surface area contributed by atoms with Gasteiger partial charge >= 0.3 is 0 Å². The summed E-state index contributed by atoms with van der Waals surface area (Å²) in [6.45, 7) is -0.104. The topological polar surface area (TPSA) is 93.2 Å². The first-order valence-corrected chi connectivity index (χ1v) is 13.5. The minimum Gasteiger partial charge on any atom is -0.493 e. The van der Waals surface area contributed by atoms with Crippen molar-refractivity contribution in [2.75, 3.05) is 25.7 Å². The summed E-state index contributed by atoms with van der Waals surface area (Å²) < 4.78 is 53.3. The predicted molar refractivity (Wildman–Crippen MR) is 139 cm³/mol. The van der Waals surface area contributed by atoms with E-state index in [2.05, 4.69) is 15.9 Å². The van der Waals surface area contributed by atoms with Gasteiger partial charge in [-0.05, 0) is 72.6 Å². The maximum absolute atomic E-state index is 13.7. The van der Waals surface area contributed by atoms with Gasteiger partial charge in [-0.25, -0.2) is 17.7 Å². The van der Waals surface area contributed by atoms with Crippen LogP contribution in [0.25, 0.3) is 0 Å². The van der Waals surface area contributed by atoms with Crippen LogP contribution in [-0.2, 0) is 26.0 Å². The van der Waals surface area contributed by atoms with E-state index in [1.807, 2.05) is 0 Å². The molecule has 0 saturated carbocycles. The van der Waals surface area contributed by atoms with Crippen LogP contribution in [0.1, 0.15) is 12.0 Å². The third kappa shape index (κ3) is 5.53. The Bertz CT molecular complexity index is 1410. The van der Waals surface area contributed by atoms with Gasteiger partial charge in [0.1, 0.15) is 11.9 Å². The molecule has 1 heterocycles. The number of ether oxygens (including phenoxy) is 2. The highest BCUT2D eigenvalue weighted by Crippen LogP contribution is 2.32. The number of sulfonamides is 1. The number of carbonyl (C=O) groups is 2. The van der Waals surface area contributed by atoms with Crippen molar-refractivity contribution >= 4 is 43.5 Å². The van der Waals surface area contributed by atoms with Crippen LogP contribution >= 0.6 is 15.9 Å². The van der Waals surface area contributed by atoms with Gasteiger partial charge in [0.2, 0.25) is 15.9 Å². The average molecular weight is 591 g/mol. The number of imide groups is 1. The average Bonchev–Trinajstić information content (AvgIpc) is 3.17. The van der Waals surface area contributed by atoms with Crippen molar-refractivity contribution in [3.8, 4) is 11.5 Å². The normalized spacial score (nSPS) is 15.9. The monoisotopic (exact) mass is 590 g/mol. The molecule has 8 nitrogen and oxygen atoms in total. The van der Waals surface area contributed by atoms with Gasteiger partial charge in [-0.3, -0.25) is 9.59 Å². The molecular formula is C26H24BrFN2O6S. The highest BCUT2D eigenvalue weighted by molar-refractivity contribution is 9.10. The minimum absolute atomic E-state index is 0.104. The summed E-state index contributed by atoms with van der Waals surface area (Å²) in [5.74, 6) is -0.761. The number of nitrogens with zero attached hydrogens (tertiary/aromatic N) is 2. The molecule has 0 aliphatic carbocycles. The van der Waals surface area contributed by atoms with Crippen molar-refractivity contribution in [2.45, 2.75) is 23.8 Å². The Morgan fingerprint density at radius 1 is 0.973 bits per heavy atom. The van der Waals surface area contributed by atoms with Crippen molar-refractivity contribution in [2.24, 2.45) is 0 Å². The number of carbonyl (C=O) groups excluding carboxylic acids is 2. The lowest BCUT2D eigenvalue weighted by molar-refractivity contribution is -0.122. The Kier molecular flexibility index (Phi) is 7.96. The van der Waals surface area contributed by atoms with Gasteiger partial charge in [-0.1, -0.05) is 22.0 Å². The smallest absolute Gasteiger partial charge is 0.252 e. The molecule has 0 radical (unpaired) electrons. The summed E-state index contributed by atoms with van der Waals surface area (Å²) in [6, 6.07) is 14.9. The van der Waals surface area contributed by atoms with Crippen molar-refractivity contribution in [1.82, 2.24) is 4.31 Å². The fourth-order valence-electron chi connectivity index (χ4n) is 4.16. The van der Waals surface area contributed by atoms with Gasteiger partial charge in [0.05, 0.1) is 31.2 Å². The first kappa shape index (κ1) is 26.8. The van der Waals surface area contributed by atoms with Crippen molar-refractivity contribution < 1.29 is 31.9 Å². The molecule has 1 aliphatic rings. The molecule has 3 aromatic rings. The van der Waals surface area contributed by atoms with Crippen molar-refractivity contribution in [3.63, 3.8) is 0 Å². The van der Waals surface area contributed by atoms with E-state index in [0.29, 0.717) is 17.2 Å². The fraction of sp³-hybridized carbons (Fsp3) is 0.231. The zero-order valence-corrected chi connectivity index (χ0v) is 22.5. The first-order chi connectivity index (χ1) is 17.6. The molecule has 2 amide bonds. The number of hydrogen-bond acceptors (Lipinski definition) is 6. The Hall–Kier alpha value is -3.28. The van der Waals surface area contributed by atoms with E-state index in [4.69, 9.17) is 9.47 Å². The largest absolute Gasteiger partial charge is 0.493 e. The van der Waals surface area contributed by atoms with E-state index in [1.54, 1.807) is 42.5 Å². The number of benzene rings is 3. The van der Waals surface area contributed by atoms with E-state index in [1.165, 1.54) is 14.2 Å². The summed E-state index contributed by atoms with van der Waals surface area (Å²) in [7, 11) is -1.26. The van der Waals surface area contributed by atoms with Crippen LogP contribution in [0.3, 0.4) is 0 Å². The van der Waals surface area contributed by atoms with Gasteiger partial charge in [0.15, 0.2) is 11.5 Å². The SMILES string of the molecule is COc1ccc(CCN(C2CC(=O)N(c3ccc(Br)cc3)C2=O)S(=O)(=O)c2ccc(F)cc2)cc1OC.